The minimum absolute atomic E-state index is 0.0279. The van der Waals surface area contributed by atoms with Crippen LogP contribution in [0.25, 0.3) is 0 Å². The van der Waals surface area contributed by atoms with Crippen LogP contribution >= 0.6 is 0 Å². The minimum Gasteiger partial charge on any atom is -0.395 e. The van der Waals surface area contributed by atoms with Crippen molar-refractivity contribution >= 4 is 5.91 Å². The summed E-state index contributed by atoms with van der Waals surface area (Å²) >= 11 is 0. The zero-order valence-electron chi connectivity index (χ0n) is 11.6. The van der Waals surface area contributed by atoms with Gasteiger partial charge in [0, 0.05) is 18.8 Å². The molecule has 0 spiro atoms. The lowest BCUT2D eigenvalue weighted by Crippen LogP contribution is -2.47. The molecule has 2 heterocycles. The lowest BCUT2D eigenvalue weighted by Gasteiger charge is -2.37. The number of rotatable bonds is 4. The smallest absolute Gasteiger partial charge is 0.258 e. The lowest BCUT2D eigenvalue weighted by atomic mass is 10.0. The molecule has 5 nitrogen and oxygen atoms in total. The number of likely N-dealkylation sites (tertiary alicyclic amines) is 1. The van der Waals surface area contributed by atoms with Gasteiger partial charge in [-0.25, -0.2) is 4.98 Å². The Kier molecular flexibility index (Phi) is 5.03. The molecular weight excluding hydrogens is 261 g/mol. The number of hydrogen-bond acceptors (Lipinski definition) is 4. The van der Waals surface area contributed by atoms with Gasteiger partial charge in [-0.05, 0) is 45.1 Å². The Bertz CT molecular complexity index is 461. The van der Waals surface area contributed by atoms with E-state index in [-0.39, 0.29) is 30.7 Å². The molecular formula is C14H20FN3O2. The average Bonchev–Trinajstić information content (AvgIpc) is 2.46. The van der Waals surface area contributed by atoms with Crippen molar-refractivity contribution in [3.63, 3.8) is 0 Å². The topological polar surface area (TPSA) is 56.7 Å². The first-order valence-electron chi connectivity index (χ1n) is 6.84. The molecule has 20 heavy (non-hydrogen) atoms. The molecule has 0 saturated carbocycles. The third kappa shape index (κ3) is 3.32. The summed E-state index contributed by atoms with van der Waals surface area (Å²) in [6.45, 7) is 1.90. The number of carbonyl (C=O) groups is 1. The quantitative estimate of drug-likeness (QED) is 0.828. The summed E-state index contributed by atoms with van der Waals surface area (Å²) in [5.74, 6) is -1.15. The number of aromatic nitrogens is 1. The fourth-order valence-electron chi connectivity index (χ4n) is 2.56. The van der Waals surface area contributed by atoms with Crippen LogP contribution in [0, 0.1) is 5.95 Å². The van der Waals surface area contributed by atoms with Crippen molar-refractivity contribution in [2.75, 3.05) is 33.3 Å². The van der Waals surface area contributed by atoms with Gasteiger partial charge >= 0.3 is 0 Å². The first-order valence-corrected chi connectivity index (χ1v) is 6.84. The van der Waals surface area contributed by atoms with E-state index in [0.29, 0.717) is 0 Å². The number of nitrogens with zero attached hydrogens (tertiary/aromatic N) is 3. The van der Waals surface area contributed by atoms with Crippen LogP contribution in [0.3, 0.4) is 0 Å². The van der Waals surface area contributed by atoms with Crippen molar-refractivity contribution in [2.45, 2.75) is 18.9 Å². The van der Waals surface area contributed by atoms with Crippen LogP contribution in [0.1, 0.15) is 23.2 Å². The predicted octanol–water partition coefficient (Wildman–Crippen LogP) is 0.749. The highest BCUT2D eigenvalue weighted by Crippen LogP contribution is 2.18. The molecule has 110 valence electrons. The summed E-state index contributed by atoms with van der Waals surface area (Å²) in [6.07, 6.45) is 2.99. The van der Waals surface area contributed by atoms with Crippen molar-refractivity contribution in [3.8, 4) is 0 Å². The summed E-state index contributed by atoms with van der Waals surface area (Å²) in [6, 6.07) is 3.02. The third-order valence-electron chi connectivity index (χ3n) is 3.72. The molecule has 1 aliphatic rings. The summed E-state index contributed by atoms with van der Waals surface area (Å²) in [5.41, 5.74) is -0.0279. The molecule has 0 atom stereocenters. The van der Waals surface area contributed by atoms with Gasteiger partial charge in [0.15, 0.2) is 0 Å². The molecule has 0 aromatic carbocycles. The molecule has 1 saturated heterocycles. The predicted molar refractivity (Wildman–Crippen MR) is 72.8 cm³/mol. The fraction of sp³-hybridized carbons (Fsp3) is 0.571. The number of carbonyl (C=O) groups excluding carboxylic acids is 1. The first-order chi connectivity index (χ1) is 9.63. The van der Waals surface area contributed by atoms with Gasteiger partial charge in [0.05, 0.1) is 12.2 Å². The summed E-state index contributed by atoms with van der Waals surface area (Å²) in [7, 11) is 2.04. The maximum atomic E-state index is 13.6. The number of aliphatic hydroxyl groups is 1. The van der Waals surface area contributed by atoms with Gasteiger partial charge in [-0.2, -0.15) is 4.39 Å². The van der Waals surface area contributed by atoms with E-state index < -0.39 is 5.95 Å². The zero-order chi connectivity index (χ0) is 14.5. The van der Waals surface area contributed by atoms with Crippen LogP contribution in [0.15, 0.2) is 18.3 Å². The highest BCUT2D eigenvalue weighted by Gasteiger charge is 2.28. The second-order valence-corrected chi connectivity index (χ2v) is 5.10. The standard InChI is InChI=1S/C14H20FN3O2/c1-17-7-4-11(5-8-17)18(9-10-19)14(20)12-3-2-6-16-13(12)15/h2-3,6,11,19H,4-5,7-10H2,1H3. The van der Waals surface area contributed by atoms with Gasteiger partial charge in [0.1, 0.15) is 0 Å². The lowest BCUT2D eigenvalue weighted by molar-refractivity contribution is 0.0534. The molecule has 2 rings (SSSR count). The largest absolute Gasteiger partial charge is 0.395 e. The third-order valence-corrected chi connectivity index (χ3v) is 3.72. The Hall–Kier alpha value is -1.53. The number of pyridine rings is 1. The van der Waals surface area contributed by atoms with E-state index >= 15 is 0 Å². The van der Waals surface area contributed by atoms with Crippen molar-refractivity contribution < 1.29 is 14.3 Å². The molecule has 1 amide bonds. The SMILES string of the molecule is CN1CCC(N(CCO)C(=O)c2cccnc2F)CC1. The number of halogens is 1. The van der Waals surface area contributed by atoms with Crippen molar-refractivity contribution in [1.29, 1.82) is 0 Å². The first kappa shape index (κ1) is 14.9. The Labute approximate surface area is 118 Å². The molecule has 1 aromatic heterocycles. The molecule has 1 aromatic rings. The molecule has 6 heteroatoms. The van der Waals surface area contributed by atoms with Crippen molar-refractivity contribution in [3.05, 3.63) is 29.8 Å². The van der Waals surface area contributed by atoms with Crippen LogP contribution in [0.5, 0.6) is 0 Å². The van der Waals surface area contributed by atoms with Gasteiger partial charge in [-0.1, -0.05) is 0 Å². The Morgan fingerprint density at radius 3 is 2.85 bits per heavy atom. The molecule has 1 N–H and O–H groups in total. The van der Waals surface area contributed by atoms with E-state index in [0.717, 1.165) is 25.9 Å². The van der Waals surface area contributed by atoms with Gasteiger partial charge in [-0.15, -0.1) is 0 Å². The molecule has 1 aliphatic heterocycles. The van der Waals surface area contributed by atoms with Gasteiger partial charge in [0.25, 0.3) is 5.91 Å². The van der Waals surface area contributed by atoms with Crippen LogP contribution in [-0.2, 0) is 0 Å². The van der Waals surface area contributed by atoms with Crippen LogP contribution in [0.4, 0.5) is 4.39 Å². The molecule has 0 bridgehead atoms. The van der Waals surface area contributed by atoms with Crippen molar-refractivity contribution in [1.82, 2.24) is 14.8 Å². The van der Waals surface area contributed by atoms with Gasteiger partial charge in [-0.3, -0.25) is 4.79 Å². The van der Waals surface area contributed by atoms with Gasteiger partial charge in [0.2, 0.25) is 5.95 Å². The van der Waals surface area contributed by atoms with E-state index in [1.165, 1.54) is 12.3 Å². The second-order valence-electron chi connectivity index (χ2n) is 5.10. The number of piperidine rings is 1. The molecule has 0 aliphatic carbocycles. The van der Waals surface area contributed by atoms with Crippen LogP contribution < -0.4 is 0 Å². The van der Waals surface area contributed by atoms with Crippen LogP contribution in [-0.4, -0.2) is 65.1 Å². The molecule has 0 radical (unpaired) electrons. The second kappa shape index (κ2) is 6.76. The minimum atomic E-state index is -0.756. The van der Waals surface area contributed by atoms with Crippen LogP contribution in [0.2, 0.25) is 0 Å². The number of hydrogen-bond donors (Lipinski definition) is 1. The van der Waals surface area contributed by atoms with Crippen molar-refractivity contribution in [2.24, 2.45) is 0 Å². The summed E-state index contributed by atoms with van der Waals surface area (Å²) in [4.78, 5) is 19.7. The average molecular weight is 281 g/mol. The monoisotopic (exact) mass is 281 g/mol. The van der Waals surface area contributed by atoms with E-state index in [1.54, 1.807) is 11.0 Å². The van der Waals surface area contributed by atoms with E-state index in [9.17, 15) is 14.3 Å². The fourth-order valence-corrected chi connectivity index (χ4v) is 2.56. The van der Waals surface area contributed by atoms with Gasteiger partial charge < -0.3 is 14.9 Å². The van der Waals surface area contributed by atoms with E-state index in [1.807, 2.05) is 7.05 Å². The maximum absolute atomic E-state index is 13.6. The number of aliphatic hydroxyl groups excluding tert-OH is 1. The highest BCUT2D eigenvalue weighted by molar-refractivity contribution is 5.94. The number of amides is 1. The Balaban J connectivity index is 2.16. The Morgan fingerprint density at radius 2 is 2.25 bits per heavy atom. The summed E-state index contributed by atoms with van der Waals surface area (Å²) in [5, 5.41) is 9.17. The van der Waals surface area contributed by atoms with E-state index in [2.05, 4.69) is 9.88 Å². The summed E-state index contributed by atoms with van der Waals surface area (Å²) < 4.78 is 13.6. The maximum Gasteiger partial charge on any atom is 0.258 e. The normalized spacial score (nSPS) is 17.1. The van der Waals surface area contributed by atoms with E-state index in [4.69, 9.17) is 0 Å². The molecule has 1 fully saturated rings. The zero-order valence-corrected chi connectivity index (χ0v) is 11.6. The molecule has 0 unspecified atom stereocenters. The highest BCUT2D eigenvalue weighted by atomic mass is 19.1. The Morgan fingerprint density at radius 1 is 1.55 bits per heavy atom.